The zero-order valence-corrected chi connectivity index (χ0v) is 14.9. The minimum Gasteiger partial charge on any atom is -0.387 e. The molecular weight excluding hydrogens is 333 g/mol. The molecule has 3 N–H and O–H groups in total. The first-order valence-corrected chi connectivity index (χ1v) is 10.7. The predicted octanol–water partition coefficient (Wildman–Crippen LogP) is -1.27. The van der Waals surface area contributed by atoms with Gasteiger partial charge in [0.1, 0.15) is 12.2 Å². The minimum atomic E-state index is -1.29. The van der Waals surface area contributed by atoms with Crippen LogP contribution in [0.5, 0.6) is 0 Å². The normalized spacial score (nSPS) is 27.3. The van der Waals surface area contributed by atoms with Gasteiger partial charge in [-0.05, 0) is 25.9 Å². The van der Waals surface area contributed by atoms with Crippen molar-refractivity contribution in [3.8, 4) is 0 Å². The number of H-pyrrole nitrogens is 1. The van der Waals surface area contributed by atoms with Crippen molar-refractivity contribution in [3.63, 3.8) is 0 Å². The number of hydrogen-bond acceptors (Lipinski definition) is 5. The van der Waals surface area contributed by atoms with E-state index in [0.29, 0.717) is 6.42 Å². The molecule has 4 atom stereocenters. The van der Waals surface area contributed by atoms with Crippen LogP contribution in [0.4, 0.5) is 0 Å². The highest BCUT2D eigenvalue weighted by molar-refractivity contribution is 7.72. The molecule has 1 saturated heterocycles. The predicted molar refractivity (Wildman–Crippen MR) is 93.0 cm³/mol. The minimum absolute atomic E-state index is 0.199. The van der Waals surface area contributed by atoms with Crippen LogP contribution in [-0.2, 0) is 11.3 Å². The first kappa shape index (κ1) is 18.9. The number of aliphatic hydroxyl groups excluding tert-OH is 2. The third-order valence-corrected chi connectivity index (χ3v) is 5.40. The summed E-state index contributed by atoms with van der Waals surface area (Å²) < 4.78 is 8.03. The van der Waals surface area contributed by atoms with E-state index >= 15 is 0 Å². The number of aromatic nitrogens is 3. The highest BCUT2D eigenvalue weighted by Crippen LogP contribution is 2.39. The molecule has 1 aromatic rings. The van der Waals surface area contributed by atoms with E-state index < -0.39 is 42.8 Å². The zero-order valence-electron chi connectivity index (χ0n) is 14.0. The monoisotopic (exact) mass is 358 g/mol. The summed E-state index contributed by atoms with van der Waals surface area (Å²) in [4.78, 5) is 25.9. The number of allylic oxidation sites excluding steroid dienone is 1. The van der Waals surface area contributed by atoms with E-state index in [1.54, 1.807) is 0 Å². The summed E-state index contributed by atoms with van der Waals surface area (Å²) in [5, 5.41) is 20.5. The molecule has 8 nitrogen and oxygen atoms in total. The van der Waals surface area contributed by atoms with Gasteiger partial charge in [-0.2, -0.15) is 14.1 Å². The Balaban J connectivity index is 2.28. The van der Waals surface area contributed by atoms with Crippen LogP contribution < -0.4 is 15.9 Å². The smallest absolute Gasteiger partial charge is 0.387 e. The maximum Gasteiger partial charge on any atom is 0.448 e. The van der Waals surface area contributed by atoms with Crippen molar-refractivity contribution in [1.82, 2.24) is 9.55 Å². The molecule has 1 aliphatic rings. The van der Waals surface area contributed by atoms with E-state index in [-0.39, 0.29) is 6.54 Å². The van der Waals surface area contributed by atoms with Crippen LogP contribution in [0, 0.1) is 0 Å². The molecule has 24 heavy (non-hydrogen) atoms. The highest BCUT2D eigenvalue weighted by Gasteiger charge is 2.46. The van der Waals surface area contributed by atoms with Crippen molar-refractivity contribution < 1.29 is 19.5 Å². The SMILES string of the molecule is C=CC[n+]1cn(C2O[C@H](CCP(=C)(C)C)[C@@H](O)[C@H]2O)c(=O)[nH]c1=O. The van der Waals surface area contributed by atoms with Gasteiger partial charge in [0.05, 0.1) is 12.6 Å². The van der Waals surface area contributed by atoms with Gasteiger partial charge in [0.15, 0.2) is 0 Å². The Bertz CT molecular complexity index is 765. The van der Waals surface area contributed by atoms with Crippen LogP contribution in [0.15, 0.2) is 28.6 Å². The lowest BCUT2D eigenvalue weighted by Crippen LogP contribution is -2.57. The zero-order chi connectivity index (χ0) is 18.1. The molecule has 0 aliphatic carbocycles. The van der Waals surface area contributed by atoms with Crippen LogP contribution in [0.3, 0.4) is 0 Å². The van der Waals surface area contributed by atoms with Gasteiger partial charge in [-0.25, -0.2) is 9.59 Å². The summed E-state index contributed by atoms with van der Waals surface area (Å²) in [6.45, 7) is 6.61. The third-order valence-electron chi connectivity index (χ3n) is 3.93. The van der Waals surface area contributed by atoms with Gasteiger partial charge in [0.2, 0.25) is 12.6 Å². The lowest BCUT2D eigenvalue weighted by Gasteiger charge is -2.18. The average molecular weight is 358 g/mol. The van der Waals surface area contributed by atoms with Gasteiger partial charge in [-0.15, -0.1) is 13.2 Å². The van der Waals surface area contributed by atoms with E-state index in [1.165, 1.54) is 17.0 Å². The largest absolute Gasteiger partial charge is 0.448 e. The molecule has 134 valence electrons. The Morgan fingerprint density at radius 3 is 2.67 bits per heavy atom. The molecule has 0 amide bonds. The Morgan fingerprint density at radius 1 is 1.42 bits per heavy atom. The molecule has 9 heteroatoms. The second-order valence-corrected chi connectivity index (χ2v) is 11.0. The molecule has 1 aliphatic heterocycles. The molecule has 0 spiro atoms. The first-order valence-electron chi connectivity index (χ1n) is 7.69. The number of hydrogen-bond donors (Lipinski definition) is 3. The summed E-state index contributed by atoms with van der Waals surface area (Å²) in [5.41, 5.74) is -1.29. The van der Waals surface area contributed by atoms with E-state index in [0.717, 1.165) is 10.7 Å². The van der Waals surface area contributed by atoms with E-state index in [9.17, 15) is 19.8 Å². The number of ether oxygens (including phenoxy) is 1. The Labute approximate surface area is 140 Å². The maximum absolute atomic E-state index is 12.1. The molecular formula is C15H25N3O5P+. The lowest BCUT2D eigenvalue weighted by molar-refractivity contribution is -0.709. The molecule has 1 unspecified atom stereocenters. The van der Waals surface area contributed by atoms with Gasteiger partial charge in [0.25, 0.3) is 0 Å². The van der Waals surface area contributed by atoms with Crippen LogP contribution in [0.2, 0.25) is 0 Å². The van der Waals surface area contributed by atoms with Gasteiger partial charge >= 0.3 is 11.4 Å². The molecule has 0 radical (unpaired) electrons. The summed E-state index contributed by atoms with van der Waals surface area (Å²) in [7, 11) is 0. The summed E-state index contributed by atoms with van der Waals surface area (Å²) in [6, 6.07) is 0. The molecule has 0 bridgehead atoms. The van der Waals surface area contributed by atoms with Crippen LogP contribution in [0.1, 0.15) is 12.6 Å². The van der Waals surface area contributed by atoms with Crippen LogP contribution in [-0.4, -0.2) is 63.9 Å². The van der Waals surface area contributed by atoms with Gasteiger partial charge in [-0.1, -0.05) is 12.7 Å². The topological polar surface area (TPSA) is 108 Å². The summed E-state index contributed by atoms with van der Waals surface area (Å²) in [5.74, 6) is 0. The van der Waals surface area contributed by atoms with Crippen molar-refractivity contribution in [3.05, 3.63) is 40.0 Å². The Hall–Kier alpha value is -1.47. The second kappa shape index (κ2) is 7.19. The standard InChI is InChI=1S/C15H24N3O5P/c1-5-7-17-9-18(15(22)16-14(17)21)13-12(20)11(19)10(23-13)6-8-24(2,3)4/h5,9-13,19-20H,1-2,6-8H2,3-4H3/p+1/t10-,11-,12-,13?/m1/s1. The third kappa shape index (κ3) is 4.13. The Kier molecular flexibility index (Phi) is 5.65. The fourth-order valence-corrected chi connectivity index (χ4v) is 3.56. The van der Waals surface area contributed by atoms with Crippen molar-refractivity contribution >= 4 is 13.2 Å². The molecule has 0 aromatic carbocycles. The first-order chi connectivity index (χ1) is 11.1. The number of nitrogens with one attached hydrogen (secondary N) is 1. The quantitative estimate of drug-likeness (QED) is 0.334. The molecule has 1 aromatic heterocycles. The highest BCUT2D eigenvalue weighted by atomic mass is 31.2. The number of nitrogens with zero attached hydrogens (tertiary/aromatic N) is 2. The molecule has 1 fully saturated rings. The van der Waals surface area contributed by atoms with E-state index in [4.69, 9.17) is 4.74 Å². The number of aromatic amines is 1. The van der Waals surface area contributed by atoms with Gasteiger partial charge < -0.3 is 14.9 Å². The van der Waals surface area contributed by atoms with E-state index in [2.05, 4.69) is 31.2 Å². The van der Waals surface area contributed by atoms with Crippen LogP contribution >= 0.6 is 6.89 Å². The molecule has 2 heterocycles. The van der Waals surface area contributed by atoms with Gasteiger partial charge in [-0.3, -0.25) is 0 Å². The second-order valence-electron chi connectivity index (χ2n) is 6.69. The van der Waals surface area contributed by atoms with E-state index in [1.807, 2.05) is 0 Å². The summed E-state index contributed by atoms with van der Waals surface area (Å²) in [6.07, 6.45) is 4.22. The van der Waals surface area contributed by atoms with Gasteiger partial charge in [0, 0.05) is 0 Å². The number of aliphatic hydroxyl groups is 2. The number of rotatable bonds is 6. The van der Waals surface area contributed by atoms with Crippen molar-refractivity contribution in [2.45, 2.75) is 37.5 Å². The van der Waals surface area contributed by atoms with Crippen molar-refractivity contribution in [2.24, 2.45) is 0 Å². The fourth-order valence-electron chi connectivity index (χ4n) is 2.61. The van der Waals surface area contributed by atoms with Crippen LogP contribution in [0.25, 0.3) is 0 Å². The van der Waals surface area contributed by atoms with Crippen molar-refractivity contribution in [2.75, 3.05) is 19.5 Å². The Morgan fingerprint density at radius 2 is 2.08 bits per heavy atom. The lowest BCUT2D eigenvalue weighted by atomic mass is 10.1. The average Bonchev–Trinajstić information content (AvgIpc) is 2.75. The maximum atomic E-state index is 12.1. The molecule has 0 saturated carbocycles. The summed E-state index contributed by atoms with van der Waals surface area (Å²) >= 11 is 0. The fraction of sp³-hybridized carbons (Fsp3) is 0.600. The van der Waals surface area contributed by atoms with Crippen molar-refractivity contribution in [1.29, 1.82) is 0 Å². The molecule has 2 rings (SSSR count).